The van der Waals surface area contributed by atoms with Crippen molar-refractivity contribution in [2.24, 2.45) is 0 Å². The molecular weight excluding hydrogens is 632 g/mol. The van der Waals surface area contributed by atoms with Crippen LogP contribution in [0.25, 0.3) is 5.57 Å². The van der Waals surface area contributed by atoms with E-state index >= 15 is 0 Å². The molecule has 1 N–H and O–H groups in total. The second kappa shape index (κ2) is 14.9. The van der Waals surface area contributed by atoms with Crippen molar-refractivity contribution in [3.63, 3.8) is 0 Å². The highest BCUT2D eigenvalue weighted by Gasteiger charge is 2.36. The second-order valence-corrected chi connectivity index (χ2v) is 13.7. The number of imide groups is 1. The van der Waals surface area contributed by atoms with Crippen LogP contribution >= 0.6 is 11.8 Å². The molecular formula is C36H40N4O7S. The number of piperidine rings is 1. The third-order valence-electron chi connectivity index (χ3n) is 8.09. The largest absolute Gasteiger partial charge is 0.497 e. The summed E-state index contributed by atoms with van der Waals surface area (Å²) in [6, 6.07) is 19.5. The number of nitro groups is 1. The van der Waals surface area contributed by atoms with Crippen molar-refractivity contribution in [1.29, 1.82) is 0 Å². The summed E-state index contributed by atoms with van der Waals surface area (Å²) in [7, 11) is 1.56. The zero-order valence-corrected chi connectivity index (χ0v) is 28.4. The summed E-state index contributed by atoms with van der Waals surface area (Å²) in [6.45, 7) is 6.27. The van der Waals surface area contributed by atoms with Gasteiger partial charge in [0.15, 0.2) is 0 Å². The van der Waals surface area contributed by atoms with Crippen molar-refractivity contribution >= 4 is 46.6 Å². The lowest BCUT2D eigenvalue weighted by molar-refractivity contribution is -0.386. The van der Waals surface area contributed by atoms with Gasteiger partial charge in [-0.3, -0.25) is 24.6 Å². The van der Waals surface area contributed by atoms with Gasteiger partial charge in [-0.1, -0.05) is 54.6 Å². The monoisotopic (exact) mass is 672 g/mol. The summed E-state index contributed by atoms with van der Waals surface area (Å²) in [5.41, 5.74) is 2.83. The van der Waals surface area contributed by atoms with E-state index in [-0.39, 0.29) is 36.7 Å². The number of nitrogens with zero attached hydrogens (tertiary/aromatic N) is 3. The number of nitro benzene ring substituents is 1. The Morgan fingerprint density at radius 2 is 1.75 bits per heavy atom. The van der Waals surface area contributed by atoms with E-state index in [2.05, 4.69) is 5.32 Å². The maximum atomic E-state index is 13.6. The van der Waals surface area contributed by atoms with E-state index in [1.807, 2.05) is 63.2 Å². The van der Waals surface area contributed by atoms with Crippen LogP contribution in [-0.4, -0.2) is 64.5 Å². The van der Waals surface area contributed by atoms with Crippen molar-refractivity contribution < 1.29 is 28.8 Å². The molecule has 11 nitrogen and oxygen atoms in total. The quantitative estimate of drug-likeness (QED) is 0.104. The Morgan fingerprint density at radius 1 is 1.02 bits per heavy atom. The Balaban J connectivity index is 1.44. The van der Waals surface area contributed by atoms with Crippen molar-refractivity contribution in [3.05, 3.63) is 99.6 Å². The molecule has 0 bridgehead atoms. The molecule has 2 heterocycles. The maximum absolute atomic E-state index is 13.6. The highest BCUT2D eigenvalue weighted by molar-refractivity contribution is 7.98. The van der Waals surface area contributed by atoms with Crippen LogP contribution in [0.1, 0.15) is 56.7 Å². The van der Waals surface area contributed by atoms with Gasteiger partial charge in [-0.15, -0.1) is 11.8 Å². The van der Waals surface area contributed by atoms with Gasteiger partial charge in [0, 0.05) is 25.3 Å². The normalized spacial score (nSPS) is 16.8. The van der Waals surface area contributed by atoms with Gasteiger partial charge in [0.05, 0.1) is 23.5 Å². The molecule has 12 heteroatoms. The summed E-state index contributed by atoms with van der Waals surface area (Å²) in [5.74, 6) is 0.427. The molecule has 0 saturated carbocycles. The standard InChI is InChI=1S/C36H40N4O7S/c1-36(2,3)47-35(43)38-20-18-26(19-21-38)28-14-15-29(32(40(44)45)33(28)48-23-25-8-6-5-7-9-25)37-30-16-17-31(41)39(34(30)42)22-24-10-12-27(46-4)13-11-24/h5-15,18,30,37H,16-17,19-23H2,1-4H3. The summed E-state index contributed by atoms with van der Waals surface area (Å²) in [5, 5.41) is 15.9. The molecule has 0 aliphatic carbocycles. The number of thioether (sulfide) groups is 1. The van der Waals surface area contributed by atoms with Crippen LogP contribution in [0.2, 0.25) is 0 Å². The number of hydrogen-bond acceptors (Lipinski definition) is 9. The minimum Gasteiger partial charge on any atom is -0.497 e. The van der Waals surface area contributed by atoms with Gasteiger partial charge in [0.2, 0.25) is 5.91 Å². The molecule has 3 aromatic rings. The van der Waals surface area contributed by atoms with Crippen LogP contribution in [0.3, 0.4) is 0 Å². The summed E-state index contributed by atoms with van der Waals surface area (Å²) < 4.78 is 10.7. The van der Waals surface area contributed by atoms with Gasteiger partial charge >= 0.3 is 11.8 Å². The highest BCUT2D eigenvalue weighted by atomic mass is 32.2. The van der Waals surface area contributed by atoms with E-state index in [0.717, 1.165) is 16.7 Å². The van der Waals surface area contributed by atoms with E-state index in [0.29, 0.717) is 41.5 Å². The number of hydrogen-bond donors (Lipinski definition) is 1. The number of anilines is 1. The molecule has 0 spiro atoms. The number of rotatable bonds is 10. The Labute approximate surface area is 284 Å². The van der Waals surface area contributed by atoms with Crippen LogP contribution in [-0.2, 0) is 26.6 Å². The van der Waals surface area contributed by atoms with Crippen LogP contribution in [0.5, 0.6) is 5.75 Å². The highest BCUT2D eigenvalue weighted by Crippen LogP contribution is 2.44. The maximum Gasteiger partial charge on any atom is 0.410 e. The van der Waals surface area contributed by atoms with E-state index in [1.54, 1.807) is 42.3 Å². The minimum atomic E-state index is -0.825. The average Bonchev–Trinajstić information content (AvgIpc) is 3.07. The smallest absolute Gasteiger partial charge is 0.410 e. The second-order valence-electron chi connectivity index (χ2n) is 12.7. The number of nitrogens with one attached hydrogen (secondary N) is 1. The molecule has 1 fully saturated rings. The molecule has 0 radical (unpaired) electrons. The van der Waals surface area contributed by atoms with E-state index < -0.39 is 28.6 Å². The van der Waals surface area contributed by atoms with Gasteiger partial charge < -0.3 is 19.7 Å². The lowest BCUT2D eigenvalue weighted by atomic mass is 9.97. The number of likely N-dealkylation sites (tertiary alicyclic amines) is 1. The Bertz CT molecular complexity index is 1700. The molecule has 48 heavy (non-hydrogen) atoms. The number of benzene rings is 3. The molecule has 3 amide bonds. The molecule has 2 aliphatic heterocycles. The predicted octanol–water partition coefficient (Wildman–Crippen LogP) is 7.05. The molecule has 1 atom stereocenters. The molecule has 0 aromatic heterocycles. The average molecular weight is 673 g/mol. The lowest BCUT2D eigenvalue weighted by Gasteiger charge is -2.32. The fourth-order valence-electron chi connectivity index (χ4n) is 5.64. The van der Waals surface area contributed by atoms with Crippen molar-refractivity contribution in [2.75, 3.05) is 25.5 Å². The number of ether oxygens (including phenoxy) is 2. The van der Waals surface area contributed by atoms with Crippen LogP contribution in [0, 0.1) is 10.1 Å². The van der Waals surface area contributed by atoms with Gasteiger partial charge in [0.25, 0.3) is 5.91 Å². The summed E-state index contributed by atoms with van der Waals surface area (Å²) >= 11 is 1.36. The van der Waals surface area contributed by atoms with Crippen LogP contribution in [0.15, 0.2) is 77.7 Å². The Kier molecular flexibility index (Phi) is 10.7. The van der Waals surface area contributed by atoms with Gasteiger partial charge in [-0.2, -0.15) is 0 Å². The van der Waals surface area contributed by atoms with Gasteiger partial charge in [-0.05, 0) is 74.1 Å². The van der Waals surface area contributed by atoms with E-state index in [9.17, 15) is 24.5 Å². The first-order valence-electron chi connectivity index (χ1n) is 15.8. The number of methoxy groups -OCH3 is 1. The lowest BCUT2D eigenvalue weighted by Crippen LogP contribution is -2.50. The van der Waals surface area contributed by atoms with Crippen molar-refractivity contribution in [1.82, 2.24) is 9.80 Å². The summed E-state index contributed by atoms with van der Waals surface area (Å²) in [4.78, 5) is 54.8. The molecule has 3 aromatic carbocycles. The zero-order valence-electron chi connectivity index (χ0n) is 27.6. The Hall–Kier alpha value is -4.84. The number of carbonyl (C=O) groups excluding carboxylic acids is 3. The van der Waals surface area contributed by atoms with Crippen LogP contribution < -0.4 is 10.1 Å². The van der Waals surface area contributed by atoms with Gasteiger partial charge in [-0.25, -0.2) is 4.79 Å². The molecule has 2 aliphatic rings. The number of carbonyl (C=O) groups is 3. The third-order valence-corrected chi connectivity index (χ3v) is 9.27. The van der Waals surface area contributed by atoms with E-state index in [1.165, 1.54) is 16.7 Å². The third kappa shape index (κ3) is 8.35. The SMILES string of the molecule is COc1ccc(CN2C(=O)CCC(Nc3ccc(C4=CCN(C(=O)OC(C)(C)C)CC4)c(SCc4ccccc4)c3[N+](=O)[O-])C2=O)cc1. The zero-order chi connectivity index (χ0) is 34.4. The molecule has 1 saturated heterocycles. The van der Waals surface area contributed by atoms with Gasteiger partial charge in [0.1, 0.15) is 23.1 Å². The summed E-state index contributed by atoms with van der Waals surface area (Å²) in [6.07, 6.45) is 2.35. The molecule has 252 valence electrons. The number of amides is 3. The first-order valence-corrected chi connectivity index (χ1v) is 16.8. The first kappa shape index (κ1) is 34.5. The van der Waals surface area contributed by atoms with Crippen LogP contribution in [0.4, 0.5) is 16.2 Å². The fourth-order valence-corrected chi connectivity index (χ4v) is 6.82. The molecule has 1 unspecified atom stereocenters. The van der Waals surface area contributed by atoms with Crippen molar-refractivity contribution in [2.45, 2.75) is 68.9 Å². The molecule has 5 rings (SSSR count). The topological polar surface area (TPSA) is 131 Å². The predicted molar refractivity (Wildman–Crippen MR) is 185 cm³/mol. The Morgan fingerprint density at radius 3 is 2.38 bits per heavy atom. The van der Waals surface area contributed by atoms with E-state index in [4.69, 9.17) is 9.47 Å². The minimum absolute atomic E-state index is 0.0908. The fraction of sp³-hybridized carbons (Fsp3) is 0.361. The first-order chi connectivity index (χ1) is 22.9. The van der Waals surface area contributed by atoms with Crippen molar-refractivity contribution in [3.8, 4) is 5.75 Å².